The summed E-state index contributed by atoms with van der Waals surface area (Å²) < 4.78 is 5.71. The van der Waals surface area contributed by atoms with Crippen LogP contribution in [0.15, 0.2) is 23.2 Å². The topological polar surface area (TPSA) is 36.9 Å². The Morgan fingerprint density at radius 1 is 1.30 bits per heavy atom. The zero-order chi connectivity index (χ0) is 16.1. The van der Waals surface area contributed by atoms with Crippen molar-refractivity contribution in [3.8, 4) is 0 Å². The van der Waals surface area contributed by atoms with Gasteiger partial charge in [0.25, 0.3) is 0 Å². The first kappa shape index (κ1) is 16.3. The number of ether oxygens (including phenoxy) is 1. The number of benzene rings is 1. The highest BCUT2D eigenvalue weighted by molar-refractivity contribution is 5.79. The van der Waals surface area contributed by atoms with E-state index in [0.717, 1.165) is 38.2 Å². The van der Waals surface area contributed by atoms with Crippen molar-refractivity contribution in [2.45, 2.75) is 38.6 Å². The molecule has 2 aliphatic carbocycles. The van der Waals surface area contributed by atoms with E-state index in [2.05, 4.69) is 40.5 Å². The highest BCUT2D eigenvalue weighted by Crippen LogP contribution is 2.28. The summed E-state index contributed by atoms with van der Waals surface area (Å²) in [5, 5.41) is 3.46. The summed E-state index contributed by atoms with van der Waals surface area (Å²) in [6.45, 7) is 3.39. The predicted octanol–water partition coefficient (Wildman–Crippen LogP) is 2.61. The number of hydrogen-bond acceptors (Lipinski definition) is 2. The molecule has 0 heterocycles. The summed E-state index contributed by atoms with van der Waals surface area (Å²) in [5.41, 5.74) is 4.40. The summed E-state index contributed by atoms with van der Waals surface area (Å²) in [4.78, 5) is 6.52. The molecule has 1 N–H and O–H groups in total. The van der Waals surface area contributed by atoms with Crippen molar-refractivity contribution >= 4 is 5.96 Å². The van der Waals surface area contributed by atoms with Gasteiger partial charge in [-0.2, -0.15) is 0 Å². The first-order valence-corrected chi connectivity index (χ1v) is 8.86. The quantitative estimate of drug-likeness (QED) is 0.477. The van der Waals surface area contributed by atoms with Gasteiger partial charge in [0.1, 0.15) is 0 Å². The maximum atomic E-state index is 5.71. The lowest BCUT2D eigenvalue weighted by Gasteiger charge is -2.22. The molecule has 1 aromatic rings. The molecule has 1 saturated carbocycles. The molecule has 126 valence electrons. The van der Waals surface area contributed by atoms with Gasteiger partial charge < -0.3 is 15.0 Å². The maximum Gasteiger partial charge on any atom is 0.193 e. The van der Waals surface area contributed by atoms with Crippen molar-refractivity contribution in [2.75, 3.05) is 33.9 Å². The van der Waals surface area contributed by atoms with Crippen LogP contribution in [0.5, 0.6) is 0 Å². The largest absolute Gasteiger partial charge is 0.379 e. The third-order valence-corrected chi connectivity index (χ3v) is 4.81. The molecule has 0 spiro atoms. The molecular weight excluding hydrogens is 286 g/mol. The summed E-state index contributed by atoms with van der Waals surface area (Å²) in [7, 11) is 3.91. The van der Waals surface area contributed by atoms with Gasteiger partial charge in [-0.05, 0) is 54.7 Å². The lowest BCUT2D eigenvalue weighted by Crippen LogP contribution is -2.40. The smallest absolute Gasteiger partial charge is 0.193 e. The van der Waals surface area contributed by atoms with Gasteiger partial charge in [0.05, 0.1) is 6.61 Å². The van der Waals surface area contributed by atoms with E-state index in [0.29, 0.717) is 0 Å². The molecule has 0 bridgehead atoms. The van der Waals surface area contributed by atoms with Crippen molar-refractivity contribution in [3.05, 3.63) is 34.9 Å². The Kier molecular flexibility index (Phi) is 5.55. The third-order valence-electron chi connectivity index (χ3n) is 4.81. The minimum atomic E-state index is 0.770. The van der Waals surface area contributed by atoms with E-state index >= 15 is 0 Å². The summed E-state index contributed by atoms with van der Waals surface area (Å²) >= 11 is 0. The SMILES string of the molecule is CN=C(NCc1ccc2c(c1)CCC2)N(C)CCOCC1CC1. The van der Waals surface area contributed by atoms with Gasteiger partial charge in [-0.3, -0.25) is 4.99 Å². The summed E-state index contributed by atoms with van der Waals surface area (Å²) in [6.07, 6.45) is 6.47. The molecule has 0 atom stereocenters. The highest BCUT2D eigenvalue weighted by Gasteiger charge is 2.21. The van der Waals surface area contributed by atoms with E-state index < -0.39 is 0 Å². The van der Waals surface area contributed by atoms with E-state index in [1.54, 1.807) is 0 Å². The van der Waals surface area contributed by atoms with Crippen LogP contribution >= 0.6 is 0 Å². The zero-order valence-corrected chi connectivity index (χ0v) is 14.5. The van der Waals surface area contributed by atoms with Crippen LogP contribution < -0.4 is 5.32 Å². The lowest BCUT2D eigenvalue weighted by atomic mass is 10.1. The highest BCUT2D eigenvalue weighted by atomic mass is 16.5. The predicted molar refractivity (Wildman–Crippen MR) is 94.8 cm³/mol. The van der Waals surface area contributed by atoms with Gasteiger partial charge in [-0.15, -0.1) is 0 Å². The third kappa shape index (κ3) is 4.71. The van der Waals surface area contributed by atoms with Crippen molar-refractivity contribution in [3.63, 3.8) is 0 Å². The second-order valence-electron chi connectivity index (χ2n) is 6.80. The molecule has 1 fully saturated rings. The number of aliphatic imine (C=N–C) groups is 1. The average Bonchev–Trinajstić information content (AvgIpc) is 3.27. The second kappa shape index (κ2) is 7.82. The van der Waals surface area contributed by atoms with E-state index in [-0.39, 0.29) is 0 Å². The average molecular weight is 315 g/mol. The molecule has 0 radical (unpaired) electrons. The Morgan fingerprint density at radius 2 is 2.13 bits per heavy atom. The van der Waals surface area contributed by atoms with Gasteiger partial charge in [0, 0.05) is 33.8 Å². The molecular formula is C19H29N3O. The normalized spacial score (nSPS) is 17.2. The molecule has 1 aromatic carbocycles. The number of guanidine groups is 1. The van der Waals surface area contributed by atoms with Crippen LogP contribution in [0.2, 0.25) is 0 Å². The van der Waals surface area contributed by atoms with E-state index in [4.69, 9.17) is 4.74 Å². The molecule has 0 amide bonds. The van der Waals surface area contributed by atoms with Gasteiger partial charge in [-0.1, -0.05) is 18.2 Å². The van der Waals surface area contributed by atoms with E-state index in [1.165, 1.54) is 48.8 Å². The molecule has 4 heteroatoms. The molecule has 23 heavy (non-hydrogen) atoms. The van der Waals surface area contributed by atoms with Crippen LogP contribution in [0.1, 0.15) is 36.0 Å². The fourth-order valence-electron chi connectivity index (χ4n) is 3.14. The standard InChI is InChI=1S/C19H29N3O/c1-20-19(22(2)10-11-23-14-15-6-7-15)21-13-16-8-9-17-4-3-5-18(17)12-16/h8-9,12,15H,3-7,10-11,13-14H2,1-2H3,(H,20,21). The van der Waals surface area contributed by atoms with Gasteiger partial charge in [0.15, 0.2) is 5.96 Å². The van der Waals surface area contributed by atoms with Gasteiger partial charge >= 0.3 is 0 Å². The van der Waals surface area contributed by atoms with Crippen LogP contribution in [0.25, 0.3) is 0 Å². The number of nitrogens with zero attached hydrogens (tertiary/aromatic N) is 2. The minimum Gasteiger partial charge on any atom is -0.379 e. The van der Waals surface area contributed by atoms with Gasteiger partial charge in [-0.25, -0.2) is 0 Å². The monoisotopic (exact) mass is 315 g/mol. The van der Waals surface area contributed by atoms with Crippen molar-refractivity contribution in [2.24, 2.45) is 10.9 Å². The number of nitrogens with one attached hydrogen (secondary N) is 1. The Morgan fingerprint density at radius 3 is 2.91 bits per heavy atom. The Bertz CT molecular complexity index is 552. The molecule has 2 aliphatic rings. The number of aryl methyl sites for hydroxylation is 2. The molecule has 0 aliphatic heterocycles. The summed E-state index contributed by atoms with van der Waals surface area (Å²) in [5.74, 6) is 1.76. The van der Waals surface area contributed by atoms with Crippen LogP contribution in [0, 0.1) is 5.92 Å². The van der Waals surface area contributed by atoms with Crippen molar-refractivity contribution in [1.29, 1.82) is 0 Å². The molecule has 4 nitrogen and oxygen atoms in total. The van der Waals surface area contributed by atoms with Crippen molar-refractivity contribution < 1.29 is 4.74 Å². The lowest BCUT2D eigenvalue weighted by molar-refractivity contribution is 0.115. The molecule has 0 aromatic heterocycles. The van der Waals surface area contributed by atoms with E-state index in [9.17, 15) is 0 Å². The maximum absolute atomic E-state index is 5.71. The van der Waals surface area contributed by atoms with Crippen LogP contribution in [0.4, 0.5) is 0 Å². The van der Waals surface area contributed by atoms with Crippen LogP contribution in [-0.4, -0.2) is 44.7 Å². The number of likely N-dealkylation sites (N-methyl/N-ethyl adjacent to an activating group) is 1. The number of fused-ring (bicyclic) bond motifs is 1. The van der Waals surface area contributed by atoms with Crippen molar-refractivity contribution in [1.82, 2.24) is 10.2 Å². The number of rotatable bonds is 7. The fraction of sp³-hybridized carbons (Fsp3) is 0.632. The first-order chi connectivity index (χ1) is 11.3. The Balaban J connectivity index is 1.43. The van der Waals surface area contributed by atoms with Crippen LogP contribution in [-0.2, 0) is 24.1 Å². The first-order valence-electron chi connectivity index (χ1n) is 8.86. The molecule has 0 unspecified atom stereocenters. The Labute approximate surface area is 139 Å². The molecule has 0 saturated heterocycles. The fourth-order valence-corrected chi connectivity index (χ4v) is 3.14. The van der Waals surface area contributed by atoms with E-state index in [1.807, 2.05) is 7.05 Å². The molecule has 3 rings (SSSR count). The minimum absolute atomic E-state index is 0.770. The number of hydrogen-bond donors (Lipinski definition) is 1. The van der Waals surface area contributed by atoms with Crippen LogP contribution in [0.3, 0.4) is 0 Å². The van der Waals surface area contributed by atoms with Gasteiger partial charge in [0.2, 0.25) is 0 Å². The second-order valence-corrected chi connectivity index (χ2v) is 6.80. The zero-order valence-electron chi connectivity index (χ0n) is 14.5. The Hall–Kier alpha value is -1.55. The summed E-state index contributed by atoms with van der Waals surface area (Å²) in [6, 6.07) is 6.88.